The van der Waals surface area contributed by atoms with Crippen LogP contribution in [-0.2, 0) is 19.0 Å². The second-order valence-corrected chi connectivity index (χ2v) is 3.67. The van der Waals surface area contributed by atoms with E-state index in [-0.39, 0.29) is 12.6 Å². The van der Waals surface area contributed by atoms with Gasteiger partial charge < -0.3 is 19.3 Å². The van der Waals surface area contributed by atoms with Crippen molar-refractivity contribution in [2.24, 2.45) is 0 Å². The molecule has 0 aliphatic heterocycles. The van der Waals surface area contributed by atoms with Crippen molar-refractivity contribution in [3.63, 3.8) is 0 Å². The van der Waals surface area contributed by atoms with Crippen LogP contribution in [0.5, 0.6) is 0 Å². The number of esters is 1. The van der Waals surface area contributed by atoms with E-state index >= 15 is 0 Å². The molecule has 0 aromatic rings. The Morgan fingerprint density at radius 1 is 1.18 bits per heavy atom. The first-order valence-corrected chi connectivity index (χ1v) is 6.23. The topological polar surface area (TPSA) is 65.0 Å². The summed E-state index contributed by atoms with van der Waals surface area (Å²) < 4.78 is 14.9. The van der Waals surface area contributed by atoms with Gasteiger partial charge >= 0.3 is 5.97 Å². The molecule has 1 unspecified atom stereocenters. The van der Waals surface area contributed by atoms with Crippen molar-refractivity contribution in [1.82, 2.24) is 0 Å². The SMILES string of the molecule is CCCCCC(=O)OC(O)COCCOCC. The lowest BCUT2D eigenvalue weighted by atomic mass is 10.2. The Kier molecular flexibility index (Phi) is 11.4. The van der Waals surface area contributed by atoms with Crippen LogP contribution in [0.2, 0.25) is 0 Å². The summed E-state index contributed by atoms with van der Waals surface area (Å²) in [6.45, 7) is 5.45. The highest BCUT2D eigenvalue weighted by Gasteiger charge is 2.10. The number of rotatable bonds is 11. The summed E-state index contributed by atoms with van der Waals surface area (Å²) in [6, 6.07) is 0. The molecule has 0 aliphatic carbocycles. The van der Waals surface area contributed by atoms with Crippen molar-refractivity contribution < 1.29 is 24.1 Å². The summed E-state index contributed by atoms with van der Waals surface area (Å²) in [6.07, 6.45) is 2.02. The summed E-state index contributed by atoms with van der Waals surface area (Å²) in [5.74, 6) is -0.376. The largest absolute Gasteiger partial charge is 0.433 e. The molecule has 0 aromatic carbocycles. The van der Waals surface area contributed by atoms with Crippen LogP contribution in [0.3, 0.4) is 0 Å². The van der Waals surface area contributed by atoms with E-state index in [1.165, 1.54) is 0 Å². The molecule has 102 valence electrons. The number of unbranched alkanes of at least 4 members (excludes halogenated alkanes) is 2. The van der Waals surface area contributed by atoms with Crippen molar-refractivity contribution in [2.45, 2.75) is 45.8 Å². The van der Waals surface area contributed by atoms with Crippen LogP contribution in [-0.4, -0.2) is 43.8 Å². The number of hydrogen-bond donors (Lipinski definition) is 1. The van der Waals surface area contributed by atoms with Crippen molar-refractivity contribution in [2.75, 3.05) is 26.4 Å². The number of carbonyl (C=O) groups is 1. The summed E-state index contributed by atoms with van der Waals surface area (Å²) >= 11 is 0. The molecule has 0 fully saturated rings. The maximum atomic E-state index is 11.2. The molecule has 0 aromatic heterocycles. The zero-order chi connectivity index (χ0) is 12.9. The fraction of sp³-hybridized carbons (Fsp3) is 0.917. The van der Waals surface area contributed by atoms with E-state index in [9.17, 15) is 9.90 Å². The Morgan fingerprint density at radius 3 is 2.53 bits per heavy atom. The molecular weight excluding hydrogens is 224 g/mol. The van der Waals surface area contributed by atoms with Gasteiger partial charge in [-0.05, 0) is 13.3 Å². The molecular formula is C12H24O5. The van der Waals surface area contributed by atoms with E-state index in [4.69, 9.17) is 14.2 Å². The lowest BCUT2D eigenvalue weighted by molar-refractivity contribution is -0.177. The van der Waals surface area contributed by atoms with Gasteiger partial charge in [0.25, 0.3) is 0 Å². The van der Waals surface area contributed by atoms with E-state index in [1.54, 1.807) is 0 Å². The first-order chi connectivity index (χ1) is 8.20. The van der Waals surface area contributed by atoms with Crippen molar-refractivity contribution in [1.29, 1.82) is 0 Å². The molecule has 0 saturated carbocycles. The summed E-state index contributed by atoms with van der Waals surface area (Å²) in [5.41, 5.74) is 0. The number of aliphatic hydroxyl groups is 1. The number of carbonyl (C=O) groups excluding carboxylic acids is 1. The third-order valence-corrected chi connectivity index (χ3v) is 2.09. The van der Waals surface area contributed by atoms with Crippen LogP contribution in [0.1, 0.15) is 39.5 Å². The monoisotopic (exact) mass is 248 g/mol. The lowest BCUT2D eigenvalue weighted by Gasteiger charge is -2.12. The molecule has 1 atom stereocenters. The normalized spacial score (nSPS) is 12.4. The number of aliphatic hydroxyl groups excluding tert-OH is 1. The van der Waals surface area contributed by atoms with Crippen molar-refractivity contribution in [3.8, 4) is 0 Å². The Balaban J connectivity index is 3.37. The third kappa shape index (κ3) is 11.6. The molecule has 0 radical (unpaired) electrons. The van der Waals surface area contributed by atoms with E-state index < -0.39 is 6.29 Å². The van der Waals surface area contributed by atoms with Gasteiger partial charge in [-0.1, -0.05) is 19.8 Å². The molecule has 0 saturated heterocycles. The molecule has 0 aliphatic rings. The molecule has 5 nitrogen and oxygen atoms in total. The minimum Gasteiger partial charge on any atom is -0.433 e. The Bertz CT molecular complexity index is 184. The molecule has 0 rings (SSSR count). The zero-order valence-electron chi connectivity index (χ0n) is 10.8. The predicted octanol–water partition coefficient (Wildman–Crippen LogP) is 1.48. The quantitative estimate of drug-likeness (QED) is 0.341. The standard InChI is InChI=1S/C12H24O5/c1-3-5-6-7-11(13)17-12(14)10-16-9-8-15-4-2/h12,14H,3-10H2,1-2H3. The van der Waals surface area contributed by atoms with Crippen LogP contribution < -0.4 is 0 Å². The number of hydrogen-bond acceptors (Lipinski definition) is 5. The van der Waals surface area contributed by atoms with Crippen LogP contribution in [0.4, 0.5) is 0 Å². The van der Waals surface area contributed by atoms with Crippen LogP contribution >= 0.6 is 0 Å². The summed E-state index contributed by atoms with van der Waals surface area (Å²) in [5, 5.41) is 9.32. The van der Waals surface area contributed by atoms with Gasteiger partial charge in [0.2, 0.25) is 6.29 Å². The fourth-order valence-electron chi connectivity index (χ4n) is 1.21. The molecule has 17 heavy (non-hydrogen) atoms. The zero-order valence-corrected chi connectivity index (χ0v) is 10.8. The maximum absolute atomic E-state index is 11.2. The molecule has 1 N–H and O–H groups in total. The van der Waals surface area contributed by atoms with Gasteiger partial charge in [0.1, 0.15) is 6.61 Å². The van der Waals surface area contributed by atoms with E-state index in [2.05, 4.69) is 6.92 Å². The van der Waals surface area contributed by atoms with Gasteiger partial charge in [-0.15, -0.1) is 0 Å². The van der Waals surface area contributed by atoms with Crippen LogP contribution in [0, 0.1) is 0 Å². The van der Waals surface area contributed by atoms with E-state index in [0.717, 1.165) is 19.3 Å². The lowest BCUT2D eigenvalue weighted by Crippen LogP contribution is -2.23. The second kappa shape index (κ2) is 11.8. The summed E-state index contributed by atoms with van der Waals surface area (Å²) in [4.78, 5) is 11.2. The van der Waals surface area contributed by atoms with Crippen molar-refractivity contribution in [3.05, 3.63) is 0 Å². The highest BCUT2D eigenvalue weighted by atomic mass is 16.7. The first kappa shape index (κ1) is 16.4. The van der Waals surface area contributed by atoms with E-state index in [1.807, 2.05) is 6.92 Å². The second-order valence-electron chi connectivity index (χ2n) is 3.67. The first-order valence-electron chi connectivity index (χ1n) is 6.23. The third-order valence-electron chi connectivity index (χ3n) is 2.09. The Morgan fingerprint density at radius 2 is 1.88 bits per heavy atom. The molecule has 0 amide bonds. The summed E-state index contributed by atoms with van der Waals surface area (Å²) in [7, 11) is 0. The van der Waals surface area contributed by atoms with Gasteiger partial charge in [0, 0.05) is 13.0 Å². The van der Waals surface area contributed by atoms with Gasteiger partial charge in [0.15, 0.2) is 0 Å². The van der Waals surface area contributed by atoms with Crippen LogP contribution in [0.15, 0.2) is 0 Å². The minimum atomic E-state index is -1.18. The molecule has 5 heteroatoms. The number of ether oxygens (including phenoxy) is 3. The maximum Gasteiger partial charge on any atom is 0.308 e. The predicted molar refractivity (Wildman–Crippen MR) is 63.6 cm³/mol. The molecule has 0 spiro atoms. The highest BCUT2D eigenvalue weighted by Crippen LogP contribution is 2.02. The minimum absolute atomic E-state index is 0.00735. The highest BCUT2D eigenvalue weighted by molar-refractivity contribution is 5.69. The van der Waals surface area contributed by atoms with Crippen LogP contribution in [0.25, 0.3) is 0 Å². The van der Waals surface area contributed by atoms with Gasteiger partial charge in [0.05, 0.1) is 13.2 Å². The van der Waals surface area contributed by atoms with Gasteiger partial charge in [-0.25, -0.2) is 0 Å². The average Bonchev–Trinajstić information content (AvgIpc) is 2.29. The molecule has 0 heterocycles. The van der Waals surface area contributed by atoms with Gasteiger partial charge in [-0.2, -0.15) is 0 Å². The smallest absolute Gasteiger partial charge is 0.308 e. The fourth-order valence-corrected chi connectivity index (χ4v) is 1.21. The average molecular weight is 248 g/mol. The Hall–Kier alpha value is -0.650. The molecule has 0 bridgehead atoms. The van der Waals surface area contributed by atoms with E-state index in [0.29, 0.717) is 26.2 Å². The van der Waals surface area contributed by atoms with Crippen molar-refractivity contribution >= 4 is 5.97 Å². The van der Waals surface area contributed by atoms with Gasteiger partial charge in [-0.3, -0.25) is 4.79 Å². The Labute approximate surface area is 103 Å².